The maximum absolute atomic E-state index is 12.5. The molecular formula is C22H22N4O2. The summed E-state index contributed by atoms with van der Waals surface area (Å²) in [5, 5.41) is 6.06. The van der Waals surface area contributed by atoms with Crippen molar-refractivity contribution >= 4 is 34.4 Å². The van der Waals surface area contributed by atoms with Crippen LogP contribution in [0.2, 0.25) is 0 Å². The number of carbonyl (C=O) groups is 2. The van der Waals surface area contributed by atoms with Crippen molar-refractivity contribution in [1.29, 1.82) is 0 Å². The molecule has 3 rings (SSSR count). The van der Waals surface area contributed by atoms with E-state index in [4.69, 9.17) is 0 Å². The van der Waals surface area contributed by atoms with Crippen LogP contribution in [0.25, 0.3) is 0 Å². The molecule has 0 unspecified atom stereocenters. The predicted molar refractivity (Wildman–Crippen MR) is 113 cm³/mol. The fourth-order valence-electron chi connectivity index (χ4n) is 2.63. The van der Waals surface area contributed by atoms with Crippen molar-refractivity contribution in [2.75, 3.05) is 29.6 Å². The second-order valence-corrected chi connectivity index (χ2v) is 6.58. The van der Waals surface area contributed by atoms with Crippen molar-refractivity contribution in [3.8, 4) is 0 Å². The Labute approximate surface area is 164 Å². The van der Waals surface area contributed by atoms with Crippen LogP contribution in [0.4, 0.5) is 22.7 Å². The molecule has 0 aliphatic rings. The van der Waals surface area contributed by atoms with Crippen LogP contribution in [0.1, 0.15) is 27.8 Å². The van der Waals surface area contributed by atoms with Crippen molar-refractivity contribution < 1.29 is 9.59 Å². The third-order valence-electron chi connectivity index (χ3n) is 4.21. The molecule has 6 nitrogen and oxygen atoms in total. The minimum absolute atomic E-state index is 0.0213. The Morgan fingerprint density at radius 1 is 0.857 bits per heavy atom. The van der Waals surface area contributed by atoms with Gasteiger partial charge in [-0.05, 0) is 67.6 Å². The zero-order valence-electron chi connectivity index (χ0n) is 16.1. The lowest BCUT2D eigenvalue weighted by Gasteiger charge is -2.13. The average molecular weight is 374 g/mol. The summed E-state index contributed by atoms with van der Waals surface area (Å²) in [4.78, 5) is 30.0. The van der Waals surface area contributed by atoms with E-state index in [2.05, 4.69) is 15.6 Å². The highest BCUT2D eigenvalue weighted by molar-refractivity contribution is 6.03. The van der Waals surface area contributed by atoms with Crippen LogP contribution < -0.4 is 15.5 Å². The summed E-state index contributed by atoms with van der Waals surface area (Å²) in [6.45, 7) is 1.53. The number of nitrogens with one attached hydrogen (secondary N) is 2. The molecule has 0 atom stereocenters. The summed E-state index contributed by atoms with van der Waals surface area (Å²) < 4.78 is 0. The molecule has 2 aromatic carbocycles. The topological polar surface area (TPSA) is 74.3 Å². The molecular weight excluding hydrogens is 352 g/mol. The van der Waals surface area contributed by atoms with Gasteiger partial charge < -0.3 is 15.5 Å². The van der Waals surface area contributed by atoms with Gasteiger partial charge in [0, 0.05) is 48.6 Å². The van der Waals surface area contributed by atoms with Gasteiger partial charge in [0.2, 0.25) is 0 Å². The second kappa shape index (κ2) is 8.35. The van der Waals surface area contributed by atoms with E-state index < -0.39 is 0 Å². The molecule has 0 saturated carbocycles. The number of anilines is 4. The van der Waals surface area contributed by atoms with Gasteiger partial charge in [-0.3, -0.25) is 14.6 Å². The second-order valence-electron chi connectivity index (χ2n) is 6.58. The zero-order valence-corrected chi connectivity index (χ0v) is 16.1. The van der Waals surface area contributed by atoms with E-state index in [9.17, 15) is 9.59 Å². The van der Waals surface area contributed by atoms with Gasteiger partial charge in [0.15, 0.2) is 5.78 Å². The smallest absolute Gasteiger partial charge is 0.274 e. The lowest BCUT2D eigenvalue weighted by atomic mass is 10.1. The molecule has 0 saturated heterocycles. The summed E-state index contributed by atoms with van der Waals surface area (Å²) in [7, 11) is 3.92. The molecule has 6 heteroatoms. The molecule has 28 heavy (non-hydrogen) atoms. The Kier molecular flexibility index (Phi) is 5.69. The van der Waals surface area contributed by atoms with Crippen LogP contribution in [-0.4, -0.2) is 30.8 Å². The predicted octanol–water partition coefficient (Wildman–Crippen LogP) is 4.35. The number of benzene rings is 2. The number of nitrogens with zero attached hydrogens (tertiary/aromatic N) is 2. The van der Waals surface area contributed by atoms with Gasteiger partial charge in [0.25, 0.3) is 5.91 Å². The van der Waals surface area contributed by atoms with E-state index in [1.54, 1.807) is 30.5 Å². The number of Topliss-reactive ketones (excluding diaryl/α,β-unsaturated/α-hetero) is 1. The third kappa shape index (κ3) is 4.73. The molecule has 0 aliphatic heterocycles. The zero-order chi connectivity index (χ0) is 20.1. The van der Waals surface area contributed by atoms with Crippen molar-refractivity contribution in [2.24, 2.45) is 0 Å². The number of pyridine rings is 1. The molecule has 1 amide bonds. The largest absolute Gasteiger partial charge is 0.378 e. The Hall–Kier alpha value is -3.67. The molecule has 0 fully saturated rings. The van der Waals surface area contributed by atoms with Crippen molar-refractivity contribution in [3.05, 3.63) is 78.1 Å². The summed E-state index contributed by atoms with van der Waals surface area (Å²) in [5.74, 6) is -0.263. The highest BCUT2D eigenvalue weighted by atomic mass is 16.2. The lowest BCUT2D eigenvalue weighted by Crippen LogP contribution is -2.14. The Bertz CT molecular complexity index is 980. The van der Waals surface area contributed by atoms with E-state index in [0.717, 1.165) is 17.1 Å². The lowest BCUT2D eigenvalue weighted by molar-refractivity contribution is 0.101. The number of ketones is 1. The van der Waals surface area contributed by atoms with Gasteiger partial charge in [-0.2, -0.15) is 0 Å². The molecule has 2 N–H and O–H groups in total. The summed E-state index contributed by atoms with van der Waals surface area (Å²) in [5.41, 5.74) is 4.27. The average Bonchev–Trinajstić information content (AvgIpc) is 2.69. The Balaban J connectivity index is 1.69. The standard InChI is InChI=1S/C22H22N4O2/c1-15(27)16-4-6-17(7-5-16)24-19-12-13-23-21(14-19)22(28)25-18-8-10-20(11-9-18)26(2)3/h4-14H,1-3H3,(H,23,24)(H,25,28). The van der Waals surface area contributed by atoms with Crippen LogP contribution in [-0.2, 0) is 0 Å². The van der Waals surface area contributed by atoms with Crippen molar-refractivity contribution in [3.63, 3.8) is 0 Å². The maximum Gasteiger partial charge on any atom is 0.274 e. The first-order valence-electron chi connectivity index (χ1n) is 8.85. The monoisotopic (exact) mass is 374 g/mol. The van der Waals surface area contributed by atoms with E-state index in [0.29, 0.717) is 16.9 Å². The van der Waals surface area contributed by atoms with E-state index in [1.807, 2.05) is 55.4 Å². The first-order chi connectivity index (χ1) is 13.4. The highest BCUT2D eigenvalue weighted by Gasteiger charge is 2.09. The van der Waals surface area contributed by atoms with Gasteiger partial charge in [-0.1, -0.05) is 0 Å². The van der Waals surface area contributed by atoms with Gasteiger partial charge in [0.05, 0.1) is 0 Å². The van der Waals surface area contributed by atoms with Gasteiger partial charge in [-0.25, -0.2) is 0 Å². The first-order valence-corrected chi connectivity index (χ1v) is 8.85. The Morgan fingerprint density at radius 2 is 1.50 bits per heavy atom. The van der Waals surface area contributed by atoms with Crippen LogP contribution in [0.5, 0.6) is 0 Å². The molecule has 3 aromatic rings. The van der Waals surface area contributed by atoms with Gasteiger partial charge >= 0.3 is 0 Å². The summed E-state index contributed by atoms with van der Waals surface area (Å²) >= 11 is 0. The quantitative estimate of drug-likeness (QED) is 0.628. The van der Waals surface area contributed by atoms with Gasteiger partial charge in [0.1, 0.15) is 5.69 Å². The molecule has 1 heterocycles. The fraction of sp³-hybridized carbons (Fsp3) is 0.136. The fourth-order valence-corrected chi connectivity index (χ4v) is 2.63. The normalized spacial score (nSPS) is 10.2. The SMILES string of the molecule is CC(=O)c1ccc(Nc2ccnc(C(=O)Nc3ccc(N(C)C)cc3)c2)cc1. The molecule has 1 aromatic heterocycles. The number of rotatable bonds is 6. The minimum Gasteiger partial charge on any atom is -0.378 e. The van der Waals surface area contributed by atoms with Crippen LogP contribution in [0.15, 0.2) is 66.9 Å². The molecule has 0 radical (unpaired) electrons. The van der Waals surface area contributed by atoms with E-state index in [1.165, 1.54) is 6.92 Å². The van der Waals surface area contributed by atoms with E-state index in [-0.39, 0.29) is 11.7 Å². The first kappa shape index (κ1) is 19.1. The Morgan fingerprint density at radius 3 is 2.11 bits per heavy atom. The molecule has 0 aliphatic carbocycles. The number of carbonyl (C=O) groups excluding carboxylic acids is 2. The molecule has 0 spiro atoms. The van der Waals surface area contributed by atoms with Gasteiger partial charge in [-0.15, -0.1) is 0 Å². The van der Waals surface area contributed by atoms with Crippen molar-refractivity contribution in [2.45, 2.75) is 6.92 Å². The van der Waals surface area contributed by atoms with Crippen molar-refractivity contribution in [1.82, 2.24) is 4.98 Å². The third-order valence-corrected chi connectivity index (χ3v) is 4.21. The summed E-state index contributed by atoms with van der Waals surface area (Å²) in [6, 6.07) is 18.2. The number of aromatic nitrogens is 1. The molecule has 142 valence electrons. The number of hydrogen-bond donors (Lipinski definition) is 2. The van der Waals surface area contributed by atoms with Crippen LogP contribution >= 0.6 is 0 Å². The van der Waals surface area contributed by atoms with Crippen LogP contribution in [0, 0.1) is 0 Å². The van der Waals surface area contributed by atoms with E-state index >= 15 is 0 Å². The molecule has 0 bridgehead atoms. The number of hydrogen-bond acceptors (Lipinski definition) is 5. The minimum atomic E-state index is -0.284. The number of amides is 1. The highest BCUT2D eigenvalue weighted by Crippen LogP contribution is 2.19. The summed E-state index contributed by atoms with van der Waals surface area (Å²) in [6.07, 6.45) is 1.58. The van der Waals surface area contributed by atoms with Crippen LogP contribution in [0.3, 0.4) is 0 Å². The maximum atomic E-state index is 12.5.